The van der Waals surface area contributed by atoms with E-state index in [1.54, 1.807) is 6.26 Å². The van der Waals surface area contributed by atoms with E-state index < -0.39 is 0 Å². The Labute approximate surface area is 154 Å². The predicted molar refractivity (Wildman–Crippen MR) is 106 cm³/mol. The van der Waals surface area contributed by atoms with Crippen LogP contribution < -0.4 is 4.90 Å². The lowest BCUT2D eigenvalue weighted by atomic mass is 9.95. The van der Waals surface area contributed by atoms with Gasteiger partial charge in [-0.15, -0.1) is 0 Å². The van der Waals surface area contributed by atoms with E-state index in [0.717, 1.165) is 41.6 Å². The maximum atomic E-state index is 13.0. The van der Waals surface area contributed by atoms with Gasteiger partial charge in [0.15, 0.2) is 0 Å². The Bertz CT molecular complexity index is 967. The lowest BCUT2D eigenvalue weighted by molar-refractivity contribution is -0.118. The number of carbonyl (C=O) groups is 1. The van der Waals surface area contributed by atoms with E-state index in [0.29, 0.717) is 12.3 Å². The molecule has 2 aromatic carbocycles. The van der Waals surface area contributed by atoms with Crippen LogP contribution in [0.2, 0.25) is 0 Å². The summed E-state index contributed by atoms with van der Waals surface area (Å²) in [7, 11) is 0. The highest BCUT2D eigenvalue weighted by atomic mass is 16.3. The largest absolute Gasteiger partial charge is 0.464 e. The van der Waals surface area contributed by atoms with Crippen molar-refractivity contribution in [1.82, 2.24) is 0 Å². The molecule has 0 fully saturated rings. The molecule has 0 atom stereocenters. The molecule has 3 aromatic rings. The number of fused-ring (bicyclic) bond motifs is 2. The predicted octanol–water partition coefficient (Wildman–Crippen LogP) is 5.39. The number of amides is 1. The second kappa shape index (κ2) is 6.64. The van der Waals surface area contributed by atoms with E-state index >= 15 is 0 Å². The van der Waals surface area contributed by atoms with Gasteiger partial charge in [-0.3, -0.25) is 4.79 Å². The molecule has 134 valence electrons. The number of hydrogen-bond acceptors (Lipinski definition) is 2. The lowest BCUT2D eigenvalue weighted by Gasteiger charge is -2.29. The zero-order valence-electron chi connectivity index (χ0n) is 15.7. The van der Waals surface area contributed by atoms with Gasteiger partial charge in [0.25, 0.3) is 0 Å². The van der Waals surface area contributed by atoms with Gasteiger partial charge in [0, 0.05) is 23.2 Å². The Morgan fingerprint density at radius 2 is 2.04 bits per heavy atom. The smallest absolute Gasteiger partial charge is 0.231 e. The van der Waals surface area contributed by atoms with Gasteiger partial charge in [0.2, 0.25) is 5.91 Å². The van der Waals surface area contributed by atoms with Gasteiger partial charge >= 0.3 is 0 Å². The van der Waals surface area contributed by atoms with Crippen molar-refractivity contribution in [1.29, 1.82) is 0 Å². The number of hydrogen-bond donors (Lipinski definition) is 0. The SMILES string of the molecule is Cc1cc2occ(CC(=O)N3CCCc4ccccc43)c2cc1C(C)C. The minimum absolute atomic E-state index is 0.145. The summed E-state index contributed by atoms with van der Waals surface area (Å²) < 4.78 is 5.75. The summed E-state index contributed by atoms with van der Waals surface area (Å²) in [5, 5.41) is 1.07. The first-order valence-corrected chi connectivity index (χ1v) is 9.43. The molecule has 0 saturated heterocycles. The topological polar surface area (TPSA) is 33.5 Å². The van der Waals surface area contributed by atoms with E-state index in [9.17, 15) is 4.79 Å². The fourth-order valence-electron chi connectivity index (χ4n) is 4.05. The van der Waals surface area contributed by atoms with Crippen molar-refractivity contribution in [3.8, 4) is 0 Å². The molecule has 3 heteroatoms. The molecule has 0 N–H and O–H groups in total. The van der Waals surface area contributed by atoms with Gasteiger partial charge in [-0.05, 0) is 60.6 Å². The standard InChI is InChI=1S/C23H25NO2/c1-15(2)19-13-20-18(14-26-22(20)11-16(19)3)12-23(25)24-10-6-8-17-7-4-5-9-21(17)24/h4-5,7,9,11,13-15H,6,8,10,12H2,1-3H3. The summed E-state index contributed by atoms with van der Waals surface area (Å²) in [6.45, 7) is 7.31. The highest BCUT2D eigenvalue weighted by Gasteiger charge is 2.23. The minimum atomic E-state index is 0.145. The van der Waals surface area contributed by atoms with E-state index in [-0.39, 0.29) is 5.91 Å². The molecular weight excluding hydrogens is 322 g/mol. The van der Waals surface area contributed by atoms with Crippen LogP contribution in [0.5, 0.6) is 0 Å². The van der Waals surface area contributed by atoms with E-state index in [4.69, 9.17) is 4.42 Å². The van der Waals surface area contributed by atoms with Gasteiger partial charge in [-0.1, -0.05) is 32.0 Å². The fourth-order valence-corrected chi connectivity index (χ4v) is 4.05. The lowest BCUT2D eigenvalue weighted by Crippen LogP contribution is -2.36. The number of rotatable bonds is 3. The Hall–Kier alpha value is -2.55. The maximum Gasteiger partial charge on any atom is 0.231 e. The Morgan fingerprint density at radius 1 is 1.23 bits per heavy atom. The molecule has 0 saturated carbocycles. The highest BCUT2D eigenvalue weighted by molar-refractivity contribution is 5.98. The third-order valence-corrected chi connectivity index (χ3v) is 5.42. The first-order chi connectivity index (χ1) is 12.5. The van der Waals surface area contributed by atoms with Gasteiger partial charge < -0.3 is 9.32 Å². The van der Waals surface area contributed by atoms with Crippen LogP contribution in [0.4, 0.5) is 5.69 Å². The van der Waals surface area contributed by atoms with Crippen LogP contribution in [-0.2, 0) is 17.6 Å². The second-order valence-electron chi connectivity index (χ2n) is 7.58. The van der Waals surface area contributed by atoms with E-state index in [1.807, 2.05) is 17.0 Å². The van der Waals surface area contributed by atoms with Crippen LogP contribution in [-0.4, -0.2) is 12.5 Å². The monoisotopic (exact) mass is 347 g/mol. The van der Waals surface area contributed by atoms with Crippen LogP contribution in [0.15, 0.2) is 47.1 Å². The van der Waals surface area contributed by atoms with Gasteiger partial charge in [0.05, 0.1) is 12.7 Å². The highest BCUT2D eigenvalue weighted by Crippen LogP contribution is 2.31. The molecule has 1 amide bonds. The summed E-state index contributed by atoms with van der Waals surface area (Å²) in [6.07, 6.45) is 4.20. The number of benzene rings is 2. The number of carbonyl (C=O) groups excluding carboxylic acids is 1. The number of anilines is 1. The quantitative estimate of drug-likeness (QED) is 0.637. The zero-order chi connectivity index (χ0) is 18.3. The molecule has 0 bridgehead atoms. The van der Waals surface area contributed by atoms with Crippen LogP contribution in [0.1, 0.15) is 48.4 Å². The van der Waals surface area contributed by atoms with Crippen molar-refractivity contribution in [2.45, 2.75) is 46.0 Å². The Balaban J connectivity index is 1.66. The average Bonchev–Trinajstić information content (AvgIpc) is 3.01. The second-order valence-corrected chi connectivity index (χ2v) is 7.58. The van der Waals surface area contributed by atoms with Crippen LogP contribution in [0.3, 0.4) is 0 Å². The number of aryl methyl sites for hydroxylation is 2. The molecule has 1 aromatic heterocycles. The van der Waals surface area contributed by atoms with Gasteiger partial charge in [-0.2, -0.15) is 0 Å². The van der Waals surface area contributed by atoms with Crippen molar-refractivity contribution in [2.75, 3.05) is 11.4 Å². The zero-order valence-corrected chi connectivity index (χ0v) is 15.7. The third kappa shape index (κ3) is 2.92. The van der Waals surface area contributed by atoms with Crippen molar-refractivity contribution in [3.63, 3.8) is 0 Å². The van der Waals surface area contributed by atoms with E-state index in [2.05, 4.69) is 45.0 Å². The number of para-hydroxylation sites is 1. The molecule has 3 nitrogen and oxygen atoms in total. The van der Waals surface area contributed by atoms with E-state index in [1.165, 1.54) is 16.7 Å². The van der Waals surface area contributed by atoms with Gasteiger partial charge in [0.1, 0.15) is 5.58 Å². The number of nitrogens with zero attached hydrogens (tertiary/aromatic N) is 1. The van der Waals surface area contributed by atoms with Crippen LogP contribution >= 0.6 is 0 Å². The maximum absolute atomic E-state index is 13.0. The molecule has 26 heavy (non-hydrogen) atoms. The van der Waals surface area contributed by atoms with Crippen LogP contribution in [0, 0.1) is 6.92 Å². The van der Waals surface area contributed by atoms with Gasteiger partial charge in [-0.25, -0.2) is 0 Å². The molecular formula is C23H25NO2. The molecule has 0 radical (unpaired) electrons. The molecule has 0 unspecified atom stereocenters. The average molecular weight is 347 g/mol. The normalized spacial score (nSPS) is 14.1. The summed E-state index contributed by atoms with van der Waals surface area (Å²) in [5.74, 6) is 0.596. The number of furan rings is 1. The molecule has 0 spiro atoms. The van der Waals surface area contributed by atoms with Crippen molar-refractivity contribution in [3.05, 3.63) is 64.9 Å². The molecule has 2 heterocycles. The summed E-state index contributed by atoms with van der Waals surface area (Å²) >= 11 is 0. The Kier molecular flexibility index (Phi) is 4.31. The molecule has 0 aliphatic carbocycles. The fraction of sp³-hybridized carbons (Fsp3) is 0.348. The minimum Gasteiger partial charge on any atom is -0.464 e. The Morgan fingerprint density at radius 3 is 2.85 bits per heavy atom. The molecule has 1 aliphatic heterocycles. The van der Waals surface area contributed by atoms with Crippen molar-refractivity contribution < 1.29 is 9.21 Å². The molecule has 4 rings (SSSR count). The third-order valence-electron chi connectivity index (χ3n) is 5.42. The van der Waals surface area contributed by atoms with Crippen LogP contribution in [0.25, 0.3) is 11.0 Å². The summed E-state index contributed by atoms with van der Waals surface area (Å²) in [6, 6.07) is 12.5. The van der Waals surface area contributed by atoms with Crippen molar-refractivity contribution in [2.24, 2.45) is 0 Å². The first-order valence-electron chi connectivity index (χ1n) is 9.43. The van der Waals surface area contributed by atoms with Crippen molar-refractivity contribution >= 4 is 22.6 Å². The molecule has 1 aliphatic rings. The summed E-state index contributed by atoms with van der Waals surface area (Å²) in [5.41, 5.74) is 6.74. The summed E-state index contributed by atoms with van der Waals surface area (Å²) in [4.78, 5) is 15.0. The first kappa shape index (κ1) is 16.9.